The predicted octanol–water partition coefficient (Wildman–Crippen LogP) is 3.07. The van der Waals surface area contributed by atoms with Crippen LogP contribution in [0.15, 0.2) is 36.4 Å². The highest BCUT2D eigenvalue weighted by molar-refractivity contribution is 7.80. The van der Waals surface area contributed by atoms with Crippen LogP contribution in [0.1, 0.15) is 22.3 Å². The Balaban J connectivity index is 0.000000158. The molecular weight excluding hydrogens is 414 g/mol. The number of benzene rings is 2. The Morgan fingerprint density at radius 3 is 1.97 bits per heavy atom. The van der Waals surface area contributed by atoms with Crippen LogP contribution in [-0.4, -0.2) is 60.5 Å². The lowest BCUT2D eigenvalue weighted by Gasteiger charge is -2.29. The van der Waals surface area contributed by atoms with Crippen molar-refractivity contribution in [2.75, 3.05) is 39.5 Å². The molecule has 1 N–H and O–H groups in total. The molecule has 1 saturated heterocycles. The molecule has 7 heteroatoms. The molecule has 3 aliphatic heterocycles. The molecule has 0 radical (unpaired) electrons. The Hall–Kier alpha value is -2.64. The predicted molar refractivity (Wildman–Crippen MR) is 121 cm³/mol. The monoisotopic (exact) mass is 441 g/mol. The van der Waals surface area contributed by atoms with E-state index in [1.165, 1.54) is 11.1 Å². The molecule has 0 bridgehead atoms. The molecule has 0 aromatic heterocycles. The molecule has 0 atom stereocenters. The summed E-state index contributed by atoms with van der Waals surface area (Å²) in [6.07, 6.45) is 2.85. The van der Waals surface area contributed by atoms with Crippen LogP contribution in [-0.2, 0) is 35.2 Å². The fourth-order valence-electron chi connectivity index (χ4n) is 3.97. The minimum atomic E-state index is -0.793. The highest BCUT2D eigenvalue weighted by Crippen LogP contribution is 2.27. The van der Waals surface area contributed by atoms with Crippen LogP contribution in [0.5, 0.6) is 11.5 Å². The first-order valence-corrected chi connectivity index (χ1v) is 11.1. The van der Waals surface area contributed by atoms with Crippen LogP contribution in [0.3, 0.4) is 0 Å². The zero-order valence-electron chi connectivity index (χ0n) is 17.5. The molecule has 164 valence electrons. The number of carboxylic acid groups (broad SMARTS) is 1. The largest absolute Gasteiger partial charge is 0.493 e. The molecule has 5 rings (SSSR count). The first-order valence-electron chi connectivity index (χ1n) is 10.6. The fourth-order valence-corrected chi connectivity index (χ4v) is 4.32. The number of hydrogen-bond donors (Lipinski definition) is 1. The Kier molecular flexibility index (Phi) is 7.04. The Bertz CT molecular complexity index is 955. The Labute approximate surface area is 187 Å². The topological polar surface area (TPSA) is 68.2 Å². The van der Waals surface area contributed by atoms with Crippen molar-refractivity contribution >= 4 is 23.2 Å². The Morgan fingerprint density at radius 1 is 0.871 bits per heavy atom. The van der Waals surface area contributed by atoms with Gasteiger partial charge in [0.05, 0.1) is 37.8 Å². The van der Waals surface area contributed by atoms with Crippen LogP contribution in [0.4, 0.5) is 0 Å². The van der Waals surface area contributed by atoms with Gasteiger partial charge in [0.2, 0.25) is 0 Å². The maximum Gasteiger partial charge on any atom is 0.307 e. The van der Waals surface area contributed by atoms with E-state index in [4.69, 9.17) is 31.5 Å². The van der Waals surface area contributed by atoms with E-state index in [2.05, 4.69) is 23.1 Å². The van der Waals surface area contributed by atoms with Gasteiger partial charge in [-0.05, 0) is 34.4 Å². The molecule has 0 unspecified atom stereocenters. The molecule has 6 nitrogen and oxygen atoms in total. The van der Waals surface area contributed by atoms with E-state index >= 15 is 0 Å². The van der Waals surface area contributed by atoms with Crippen molar-refractivity contribution < 1.29 is 24.1 Å². The van der Waals surface area contributed by atoms with Gasteiger partial charge in [-0.2, -0.15) is 0 Å². The number of nitrogens with zero attached hydrogens (tertiary/aromatic N) is 1. The molecule has 1 fully saturated rings. The summed E-state index contributed by atoms with van der Waals surface area (Å²) in [5, 5.41) is 8.58. The van der Waals surface area contributed by atoms with Gasteiger partial charge in [-0.25, -0.2) is 0 Å². The molecule has 2 aromatic carbocycles. The van der Waals surface area contributed by atoms with E-state index in [0.29, 0.717) is 6.61 Å². The van der Waals surface area contributed by atoms with E-state index in [1.807, 2.05) is 12.1 Å². The molecule has 0 aliphatic carbocycles. The first-order chi connectivity index (χ1) is 15.1. The summed E-state index contributed by atoms with van der Waals surface area (Å²) in [5.41, 5.74) is 4.57. The number of ether oxygens (including phenoxy) is 3. The smallest absolute Gasteiger partial charge is 0.307 e. The average molecular weight is 442 g/mol. The molecule has 2 aromatic rings. The van der Waals surface area contributed by atoms with Crippen molar-refractivity contribution in [1.29, 1.82) is 0 Å². The fraction of sp³-hybridized carbons (Fsp3) is 0.417. The quantitative estimate of drug-likeness (QED) is 0.732. The first kappa shape index (κ1) is 21.6. The van der Waals surface area contributed by atoms with Crippen molar-refractivity contribution in [2.45, 2.75) is 25.7 Å². The summed E-state index contributed by atoms with van der Waals surface area (Å²) >= 11 is 5.52. The van der Waals surface area contributed by atoms with E-state index in [1.54, 1.807) is 6.07 Å². The molecule has 3 aliphatic rings. The van der Waals surface area contributed by atoms with Crippen LogP contribution < -0.4 is 9.47 Å². The number of morpholine rings is 1. The summed E-state index contributed by atoms with van der Waals surface area (Å²) in [7, 11) is 0. The standard InChI is InChI=1S/C14H17NO2S.C10H10O3/c18-14(15-4-7-16-8-5-15)10-11-1-2-13-12(9-11)3-6-17-13;11-10(12)6-7-1-2-9-8(5-7)3-4-13-9/h1-2,9H,3-8,10H2;1-2,5H,3-4,6H2,(H,11,12). The van der Waals surface area contributed by atoms with Crippen molar-refractivity contribution in [3.63, 3.8) is 0 Å². The minimum absolute atomic E-state index is 0.0906. The maximum absolute atomic E-state index is 10.4. The van der Waals surface area contributed by atoms with Crippen LogP contribution in [0.25, 0.3) is 0 Å². The highest BCUT2D eigenvalue weighted by Gasteiger charge is 2.16. The van der Waals surface area contributed by atoms with Gasteiger partial charge >= 0.3 is 5.97 Å². The van der Waals surface area contributed by atoms with Crippen LogP contribution >= 0.6 is 12.2 Å². The van der Waals surface area contributed by atoms with Gasteiger partial charge in [-0.15, -0.1) is 0 Å². The minimum Gasteiger partial charge on any atom is -0.493 e. The lowest BCUT2D eigenvalue weighted by Crippen LogP contribution is -2.40. The van der Waals surface area contributed by atoms with Gasteiger partial charge in [0.1, 0.15) is 11.5 Å². The van der Waals surface area contributed by atoms with Crippen molar-refractivity contribution in [3.8, 4) is 11.5 Å². The van der Waals surface area contributed by atoms with Gasteiger partial charge in [0.25, 0.3) is 0 Å². The molecular formula is C24H27NO5S. The number of fused-ring (bicyclic) bond motifs is 2. The van der Waals surface area contributed by atoms with E-state index < -0.39 is 5.97 Å². The van der Waals surface area contributed by atoms with E-state index in [0.717, 1.165) is 79.8 Å². The maximum atomic E-state index is 10.4. The normalized spacial score (nSPS) is 16.3. The summed E-state index contributed by atoms with van der Waals surface area (Å²) < 4.78 is 16.2. The third kappa shape index (κ3) is 5.74. The molecule has 0 spiro atoms. The number of carbonyl (C=O) groups is 1. The molecule has 0 saturated carbocycles. The number of thiocarbonyl (C=S) groups is 1. The van der Waals surface area contributed by atoms with Gasteiger partial charge in [0, 0.05) is 32.4 Å². The van der Waals surface area contributed by atoms with Gasteiger partial charge in [-0.3, -0.25) is 4.79 Å². The second-order valence-electron chi connectivity index (χ2n) is 7.82. The number of rotatable bonds is 4. The van der Waals surface area contributed by atoms with Gasteiger partial charge < -0.3 is 24.2 Å². The van der Waals surface area contributed by atoms with E-state index in [9.17, 15) is 4.79 Å². The van der Waals surface area contributed by atoms with Crippen LogP contribution in [0.2, 0.25) is 0 Å². The van der Waals surface area contributed by atoms with Crippen molar-refractivity contribution in [1.82, 2.24) is 4.90 Å². The summed E-state index contributed by atoms with van der Waals surface area (Å²) in [5.74, 6) is 1.14. The SMILES string of the molecule is O=C(O)Cc1ccc2c(c1)CCO2.S=C(Cc1ccc2c(c1)CCO2)N1CCOCC1. The van der Waals surface area contributed by atoms with Crippen molar-refractivity contribution in [2.24, 2.45) is 0 Å². The highest BCUT2D eigenvalue weighted by atomic mass is 32.1. The third-order valence-electron chi connectivity index (χ3n) is 5.58. The Morgan fingerprint density at radius 2 is 1.42 bits per heavy atom. The number of hydrogen-bond acceptors (Lipinski definition) is 5. The summed E-state index contributed by atoms with van der Waals surface area (Å²) in [4.78, 5) is 13.7. The zero-order valence-corrected chi connectivity index (χ0v) is 18.3. The second kappa shape index (κ2) is 10.1. The lowest BCUT2D eigenvalue weighted by molar-refractivity contribution is -0.136. The average Bonchev–Trinajstić information content (AvgIpc) is 3.43. The van der Waals surface area contributed by atoms with Gasteiger partial charge in [-0.1, -0.05) is 36.5 Å². The summed E-state index contributed by atoms with van der Waals surface area (Å²) in [6.45, 7) is 4.95. The number of carboxylic acids is 1. The summed E-state index contributed by atoms with van der Waals surface area (Å²) in [6, 6.07) is 12.0. The lowest BCUT2D eigenvalue weighted by atomic mass is 10.1. The third-order valence-corrected chi connectivity index (χ3v) is 5.98. The van der Waals surface area contributed by atoms with Gasteiger partial charge in [0.15, 0.2) is 0 Å². The molecule has 3 heterocycles. The zero-order chi connectivity index (χ0) is 21.6. The number of aliphatic carboxylic acids is 1. The van der Waals surface area contributed by atoms with Crippen molar-refractivity contribution in [3.05, 3.63) is 58.7 Å². The second-order valence-corrected chi connectivity index (χ2v) is 8.29. The molecule has 0 amide bonds. The van der Waals surface area contributed by atoms with E-state index in [-0.39, 0.29) is 6.42 Å². The molecule has 31 heavy (non-hydrogen) atoms. The van der Waals surface area contributed by atoms with Crippen LogP contribution in [0, 0.1) is 0 Å².